The minimum absolute atomic E-state index is 0.160. The predicted octanol–water partition coefficient (Wildman–Crippen LogP) is 1.51. The van der Waals surface area contributed by atoms with Crippen LogP contribution in [0.3, 0.4) is 0 Å². The zero-order valence-corrected chi connectivity index (χ0v) is 12.1. The van der Waals surface area contributed by atoms with E-state index in [9.17, 15) is 0 Å². The summed E-state index contributed by atoms with van der Waals surface area (Å²) in [7, 11) is 0. The summed E-state index contributed by atoms with van der Waals surface area (Å²) in [6, 6.07) is 1.42. The van der Waals surface area contributed by atoms with Gasteiger partial charge in [0.25, 0.3) is 0 Å². The van der Waals surface area contributed by atoms with Crippen molar-refractivity contribution in [2.75, 3.05) is 26.2 Å². The van der Waals surface area contributed by atoms with Gasteiger partial charge in [0.05, 0.1) is 5.84 Å². The molecule has 2 atom stereocenters. The lowest BCUT2D eigenvalue weighted by atomic mass is 9.87. The fraction of sp³-hybridized carbons (Fsp3) is 0.929. The highest BCUT2D eigenvalue weighted by Gasteiger charge is 2.35. The molecule has 0 radical (unpaired) electrons. The van der Waals surface area contributed by atoms with E-state index in [2.05, 4.69) is 30.6 Å². The molecular formula is C14H28N4. The Morgan fingerprint density at radius 1 is 1.39 bits per heavy atom. The van der Waals surface area contributed by atoms with Gasteiger partial charge in [-0.25, -0.2) is 0 Å². The zero-order valence-electron chi connectivity index (χ0n) is 12.1. The third kappa shape index (κ3) is 2.86. The van der Waals surface area contributed by atoms with Gasteiger partial charge in [0.15, 0.2) is 0 Å². The summed E-state index contributed by atoms with van der Waals surface area (Å²) in [6.45, 7) is 11.3. The Hall–Kier alpha value is -0.610. The van der Waals surface area contributed by atoms with Gasteiger partial charge in [-0.3, -0.25) is 15.2 Å². The van der Waals surface area contributed by atoms with E-state index >= 15 is 0 Å². The van der Waals surface area contributed by atoms with E-state index in [0.29, 0.717) is 11.9 Å². The van der Waals surface area contributed by atoms with Gasteiger partial charge in [0.1, 0.15) is 0 Å². The van der Waals surface area contributed by atoms with Crippen molar-refractivity contribution in [1.82, 2.24) is 9.80 Å². The quantitative estimate of drug-likeness (QED) is 0.589. The Bertz CT molecular complexity index is 313. The number of nitrogens with zero attached hydrogens (tertiary/aromatic N) is 2. The molecule has 4 heteroatoms. The van der Waals surface area contributed by atoms with Gasteiger partial charge >= 0.3 is 0 Å². The van der Waals surface area contributed by atoms with Crippen LogP contribution in [0.25, 0.3) is 0 Å². The average molecular weight is 252 g/mol. The SMILES string of the molecule is CC1CN2CCCC2CN1CCC(C)(C)C(=N)N. The number of hydrogen-bond donors (Lipinski definition) is 2. The number of fused-ring (bicyclic) bond motifs is 1. The summed E-state index contributed by atoms with van der Waals surface area (Å²) >= 11 is 0. The largest absolute Gasteiger partial charge is 0.387 e. The van der Waals surface area contributed by atoms with Crippen LogP contribution in [0, 0.1) is 10.8 Å². The first kappa shape index (κ1) is 13.8. The lowest BCUT2D eigenvalue weighted by Gasteiger charge is -2.43. The number of rotatable bonds is 4. The molecule has 2 fully saturated rings. The van der Waals surface area contributed by atoms with Crippen LogP contribution >= 0.6 is 0 Å². The zero-order chi connectivity index (χ0) is 13.3. The summed E-state index contributed by atoms with van der Waals surface area (Å²) in [5.74, 6) is 0.314. The summed E-state index contributed by atoms with van der Waals surface area (Å²) < 4.78 is 0. The van der Waals surface area contributed by atoms with Crippen molar-refractivity contribution in [2.45, 2.75) is 52.1 Å². The minimum Gasteiger partial charge on any atom is -0.387 e. The van der Waals surface area contributed by atoms with Crippen molar-refractivity contribution in [2.24, 2.45) is 11.1 Å². The molecule has 0 bridgehead atoms. The Kier molecular flexibility index (Phi) is 3.97. The standard InChI is InChI=1S/C14H28N4/c1-11-9-18-7-4-5-12(18)10-17(11)8-6-14(2,3)13(15)16/h11-12H,4-10H2,1-3H3,(H3,15,16). The summed E-state index contributed by atoms with van der Waals surface area (Å²) in [4.78, 5) is 5.24. The maximum Gasteiger partial charge on any atom is 0.0963 e. The van der Waals surface area contributed by atoms with Crippen LogP contribution in [0.4, 0.5) is 0 Å². The fourth-order valence-corrected chi connectivity index (χ4v) is 3.12. The van der Waals surface area contributed by atoms with Gasteiger partial charge in [0, 0.05) is 30.6 Å². The molecule has 4 nitrogen and oxygen atoms in total. The second-order valence-electron chi connectivity index (χ2n) is 6.68. The molecule has 104 valence electrons. The molecule has 0 aromatic carbocycles. The highest BCUT2D eigenvalue weighted by atomic mass is 15.3. The van der Waals surface area contributed by atoms with E-state index in [1.54, 1.807) is 0 Å². The third-order valence-corrected chi connectivity index (χ3v) is 4.82. The number of nitrogens with one attached hydrogen (secondary N) is 1. The van der Waals surface area contributed by atoms with Gasteiger partial charge in [-0.15, -0.1) is 0 Å². The molecule has 2 rings (SSSR count). The van der Waals surface area contributed by atoms with Gasteiger partial charge in [0.2, 0.25) is 0 Å². The maximum atomic E-state index is 7.63. The molecule has 2 aliphatic rings. The lowest BCUT2D eigenvalue weighted by molar-refractivity contribution is 0.0544. The Balaban J connectivity index is 1.87. The van der Waals surface area contributed by atoms with E-state index in [-0.39, 0.29) is 5.41 Å². The molecule has 0 aromatic heterocycles. The van der Waals surface area contributed by atoms with Crippen LogP contribution in [-0.4, -0.2) is 53.9 Å². The first-order valence-electron chi connectivity index (χ1n) is 7.23. The number of amidine groups is 1. The molecule has 2 heterocycles. The summed E-state index contributed by atoms with van der Waals surface area (Å²) in [5, 5.41) is 7.63. The van der Waals surface area contributed by atoms with E-state index < -0.39 is 0 Å². The van der Waals surface area contributed by atoms with Crippen molar-refractivity contribution < 1.29 is 0 Å². The second kappa shape index (κ2) is 5.17. The van der Waals surface area contributed by atoms with Crippen molar-refractivity contribution in [3.63, 3.8) is 0 Å². The van der Waals surface area contributed by atoms with Gasteiger partial charge in [-0.1, -0.05) is 13.8 Å². The molecule has 0 aliphatic carbocycles. The molecule has 2 unspecified atom stereocenters. The molecule has 2 saturated heterocycles. The smallest absolute Gasteiger partial charge is 0.0963 e. The fourth-order valence-electron chi connectivity index (χ4n) is 3.12. The predicted molar refractivity (Wildman–Crippen MR) is 75.9 cm³/mol. The van der Waals surface area contributed by atoms with Crippen LogP contribution in [0.2, 0.25) is 0 Å². The van der Waals surface area contributed by atoms with Crippen LogP contribution in [0.5, 0.6) is 0 Å². The Morgan fingerprint density at radius 2 is 2.11 bits per heavy atom. The van der Waals surface area contributed by atoms with Crippen LogP contribution in [-0.2, 0) is 0 Å². The summed E-state index contributed by atoms with van der Waals surface area (Å²) in [5.41, 5.74) is 5.50. The average Bonchev–Trinajstić information content (AvgIpc) is 2.72. The normalized spacial score (nSPS) is 30.4. The minimum atomic E-state index is -0.160. The van der Waals surface area contributed by atoms with E-state index in [4.69, 9.17) is 11.1 Å². The van der Waals surface area contributed by atoms with Crippen LogP contribution in [0.15, 0.2) is 0 Å². The van der Waals surface area contributed by atoms with E-state index in [1.807, 2.05) is 0 Å². The maximum absolute atomic E-state index is 7.63. The lowest BCUT2D eigenvalue weighted by Crippen LogP contribution is -2.55. The highest BCUT2D eigenvalue weighted by Crippen LogP contribution is 2.27. The van der Waals surface area contributed by atoms with E-state index in [0.717, 1.165) is 19.0 Å². The summed E-state index contributed by atoms with van der Waals surface area (Å²) in [6.07, 6.45) is 3.71. The van der Waals surface area contributed by atoms with E-state index in [1.165, 1.54) is 32.5 Å². The van der Waals surface area contributed by atoms with Crippen LogP contribution < -0.4 is 5.73 Å². The first-order valence-corrected chi connectivity index (χ1v) is 7.23. The monoisotopic (exact) mass is 252 g/mol. The van der Waals surface area contributed by atoms with Crippen molar-refractivity contribution in [3.8, 4) is 0 Å². The van der Waals surface area contributed by atoms with Gasteiger partial charge < -0.3 is 5.73 Å². The molecule has 0 aromatic rings. The first-order chi connectivity index (χ1) is 8.40. The number of hydrogen-bond acceptors (Lipinski definition) is 3. The Morgan fingerprint density at radius 3 is 2.78 bits per heavy atom. The second-order valence-corrected chi connectivity index (χ2v) is 6.68. The Labute approximate surface area is 111 Å². The highest BCUT2D eigenvalue weighted by molar-refractivity contribution is 5.82. The molecule has 3 N–H and O–H groups in total. The molecule has 0 amide bonds. The molecule has 0 saturated carbocycles. The van der Waals surface area contributed by atoms with Crippen molar-refractivity contribution >= 4 is 5.84 Å². The molecule has 18 heavy (non-hydrogen) atoms. The number of piperazine rings is 1. The van der Waals surface area contributed by atoms with Crippen LogP contribution in [0.1, 0.15) is 40.0 Å². The van der Waals surface area contributed by atoms with Crippen molar-refractivity contribution in [1.29, 1.82) is 5.41 Å². The third-order valence-electron chi connectivity index (χ3n) is 4.82. The van der Waals surface area contributed by atoms with Gasteiger partial charge in [-0.05, 0) is 39.3 Å². The molecular weight excluding hydrogens is 224 g/mol. The topological polar surface area (TPSA) is 56.4 Å². The molecule has 0 spiro atoms. The molecule has 2 aliphatic heterocycles. The number of nitrogens with two attached hydrogens (primary N) is 1. The van der Waals surface area contributed by atoms with Crippen molar-refractivity contribution in [3.05, 3.63) is 0 Å². The van der Waals surface area contributed by atoms with Gasteiger partial charge in [-0.2, -0.15) is 0 Å².